The summed E-state index contributed by atoms with van der Waals surface area (Å²) in [6.07, 6.45) is 5.70. The van der Waals surface area contributed by atoms with E-state index in [-0.39, 0.29) is 57.0 Å². The lowest BCUT2D eigenvalue weighted by atomic mass is 9.86. The number of rotatable bonds is 27. The van der Waals surface area contributed by atoms with Crippen molar-refractivity contribution in [2.24, 2.45) is 0 Å². The Morgan fingerprint density at radius 2 is 1.63 bits per heavy atom. The van der Waals surface area contributed by atoms with Crippen LogP contribution in [0.25, 0.3) is 0 Å². The Bertz CT molecular complexity index is 3090. The molecule has 0 saturated carbocycles. The van der Waals surface area contributed by atoms with E-state index >= 15 is 0 Å². The summed E-state index contributed by atoms with van der Waals surface area (Å²) in [4.78, 5) is 47.3. The standard InChI is InChI=1S/C61H83ClN10O9S/c1-40(2)81-54-31-49(42(5)27-52(54)68-60-66-34-50(62)59(69-60)67-51-15-10-11-16-55(51)82(75,76)41(3)4)46-17-20-70(21-18-46)36-56(73)63-19-22-78-23-24-79-25-26-80-48-14-12-13-44(29-48)28-45-30-53-58(65-32-45)61(7,8)39-72(53)57(74)37-71-35-43(6)64-33-47(71)38-77-9/h10-16,27,29-32,34,40-41,43,46-47,64H,17-26,28,33,35-39H2,1-9H3,(H,63,73)(H2,66,67,68,69)/t43-,47-/m1/s1. The summed E-state index contributed by atoms with van der Waals surface area (Å²) in [5.74, 6) is 2.24. The number of nitrogens with zero attached hydrogens (tertiary/aromatic N) is 6. The summed E-state index contributed by atoms with van der Waals surface area (Å²) in [7, 11) is -1.88. The van der Waals surface area contributed by atoms with E-state index in [9.17, 15) is 18.0 Å². The minimum atomic E-state index is -3.59. The zero-order valence-corrected chi connectivity index (χ0v) is 50.6. The number of amides is 2. The summed E-state index contributed by atoms with van der Waals surface area (Å²) in [5, 5.41) is 12.5. The zero-order chi connectivity index (χ0) is 58.6. The first-order chi connectivity index (χ1) is 39.3. The molecule has 0 unspecified atom stereocenters. The lowest BCUT2D eigenvalue weighted by Crippen LogP contribution is -2.59. The van der Waals surface area contributed by atoms with Crippen molar-refractivity contribution >= 4 is 62.1 Å². The summed E-state index contributed by atoms with van der Waals surface area (Å²) >= 11 is 6.53. The number of hydrogen-bond donors (Lipinski definition) is 4. The fourth-order valence-electron chi connectivity index (χ4n) is 10.8. The van der Waals surface area contributed by atoms with E-state index in [1.807, 2.05) is 49.2 Å². The fourth-order valence-corrected chi connectivity index (χ4v) is 12.2. The van der Waals surface area contributed by atoms with Crippen molar-refractivity contribution in [3.05, 3.63) is 112 Å². The molecule has 5 aromatic rings. The van der Waals surface area contributed by atoms with Crippen LogP contribution in [0.2, 0.25) is 5.02 Å². The number of carbonyl (C=O) groups excluding carboxylic acids is 2. The number of likely N-dealkylation sites (tertiary alicyclic amines) is 1. The second-order valence-corrected chi connectivity index (χ2v) is 25.7. The highest BCUT2D eigenvalue weighted by atomic mass is 35.5. The number of piperazine rings is 1. The molecule has 2 fully saturated rings. The molecule has 0 aliphatic carbocycles. The van der Waals surface area contributed by atoms with Gasteiger partial charge in [-0.3, -0.25) is 24.4 Å². The van der Waals surface area contributed by atoms with Gasteiger partial charge < -0.3 is 49.9 Å². The Morgan fingerprint density at radius 3 is 2.39 bits per heavy atom. The second-order valence-electron chi connectivity index (χ2n) is 22.8. The lowest BCUT2D eigenvalue weighted by molar-refractivity contribution is -0.123. The number of hydrogen-bond acceptors (Lipinski definition) is 17. The van der Waals surface area contributed by atoms with Crippen molar-refractivity contribution in [1.29, 1.82) is 0 Å². The molecule has 2 saturated heterocycles. The van der Waals surface area contributed by atoms with Crippen molar-refractivity contribution in [2.45, 2.75) is 114 Å². The van der Waals surface area contributed by atoms with Crippen LogP contribution in [-0.4, -0.2) is 168 Å². The third-order valence-electron chi connectivity index (χ3n) is 15.1. The molecule has 8 rings (SSSR count). The van der Waals surface area contributed by atoms with Crippen molar-refractivity contribution in [1.82, 2.24) is 35.4 Å². The van der Waals surface area contributed by atoms with Gasteiger partial charge in [0, 0.05) is 57.0 Å². The number of nitrogens with one attached hydrogen (secondary N) is 4. The van der Waals surface area contributed by atoms with Gasteiger partial charge in [0.15, 0.2) is 15.7 Å². The molecule has 0 radical (unpaired) electrons. The molecule has 5 heterocycles. The first-order valence-electron chi connectivity index (χ1n) is 28.6. The number of aryl methyl sites for hydroxylation is 1. The molecule has 444 valence electrons. The number of carbonyl (C=O) groups is 2. The Morgan fingerprint density at radius 1 is 0.878 bits per heavy atom. The highest BCUT2D eigenvalue weighted by Gasteiger charge is 2.41. The summed E-state index contributed by atoms with van der Waals surface area (Å²) < 4.78 is 55.6. The molecule has 21 heteroatoms. The fraction of sp³-hybridized carbons (Fsp3) is 0.525. The first kappa shape index (κ1) is 62.1. The van der Waals surface area contributed by atoms with Crippen LogP contribution < -0.4 is 35.6 Å². The van der Waals surface area contributed by atoms with Gasteiger partial charge in [0.25, 0.3) is 0 Å². The molecule has 2 aromatic heterocycles. The summed E-state index contributed by atoms with van der Waals surface area (Å²) in [6, 6.07) is 21.4. The number of benzene rings is 3. The van der Waals surface area contributed by atoms with Gasteiger partial charge in [0.05, 0.1) is 91.3 Å². The maximum Gasteiger partial charge on any atom is 0.241 e. The number of sulfone groups is 1. The van der Waals surface area contributed by atoms with Crippen LogP contribution in [0.15, 0.2) is 84.0 Å². The van der Waals surface area contributed by atoms with Gasteiger partial charge in [-0.2, -0.15) is 4.98 Å². The highest BCUT2D eigenvalue weighted by Crippen LogP contribution is 2.41. The molecular weight excluding hydrogens is 1080 g/mol. The predicted molar refractivity (Wildman–Crippen MR) is 321 cm³/mol. The number of para-hydroxylation sites is 1. The molecule has 3 aromatic carbocycles. The van der Waals surface area contributed by atoms with Crippen molar-refractivity contribution in [2.75, 3.05) is 115 Å². The van der Waals surface area contributed by atoms with Crippen molar-refractivity contribution in [3.63, 3.8) is 0 Å². The lowest BCUT2D eigenvalue weighted by Gasteiger charge is -2.39. The summed E-state index contributed by atoms with van der Waals surface area (Å²) in [5.41, 5.74) is 7.01. The molecule has 0 spiro atoms. The van der Waals surface area contributed by atoms with E-state index in [1.54, 1.807) is 45.2 Å². The maximum atomic E-state index is 13.9. The van der Waals surface area contributed by atoms with E-state index < -0.39 is 15.1 Å². The largest absolute Gasteiger partial charge is 0.491 e. The number of pyridine rings is 1. The van der Waals surface area contributed by atoms with Crippen LogP contribution in [0.5, 0.6) is 11.5 Å². The van der Waals surface area contributed by atoms with Gasteiger partial charge in [-0.1, -0.05) is 49.7 Å². The Labute approximate surface area is 489 Å². The number of halogens is 1. The monoisotopic (exact) mass is 1170 g/mol. The third-order valence-corrected chi connectivity index (χ3v) is 17.5. The minimum absolute atomic E-state index is 0.0361. The Kier molecular flexibility index (Phi) is 21.6. The molecule has 2 atom stereocenters. The molecule has 3 aliphatic rings. The van der Waals surface area contributed by atoms with E-state index in [0.717, 1.165) is 72.8 Å². The molecule has 4 N–H and O–H groups in total. The van der Waals surface area contributed by atoms with E-state index in [2.05, 4.69) is 86.9 Å². The zero-order valence-electron chi connectivity index (χ0n) is 49.1. The second kappa shape index (κ2) is 28.5. The molecule has 0 bridgehead atoms. The number of ether oxygens (including phenoxy) is 5. The quantitative estimate of drug-likeness (QED) is 0.0365. The Balaban J connectivity index is 0.720. The average molecular weight is 1170 g/mol. The van der Waals surface area contributed by atoms with Gasteiger partial charge in [0.1, 0.15) is 23.1 Å². The van der Waals surface area contributed by atoms with Gasteiger partial charge in [-0.25, -0.2) is 13.4 Å². The van der Waals surface area contributed by atoms with Gasteiger partial charge in [0.2, 0.25) is 17.8 Å². The Hall–Kier alpha value is -5.97. The minimum Gasteiger partial charge on any atom is -0.491 e. The third kappa shape index (κ3) is 16.4. The van der Waals surface area contributed by atoms with Gasteiger partial charge in [-0.15, -0.1) is 0 Å². The number of piperidine rings is 1. The normalized spacial score (nSPS) is 17.7. The van der Waals surface area contributed by atoms with Crippen LogP contribution >= 0.6 is 11.6 Å². The van der Waals surface area contributed by atoms with Gasteiger partial charge >= 0.3 is 0 Å². The summed E-state index contributed by atoms with van der Waals surface area (Å²) in [6.45, 7) is 23.1. The topological polar surface area (TPSA) is 211 Å². The molecular formula is C61H83ClN10O9S. The number of anilines is 5. The van der Waals surface area contributed by atoms with Crippen molar-refractivity contribution in [3.8, 4) is 11.5 Å². The van der Waals surface area contributed by atoms with E-state index in [0.29, 0.717) is 95.4 Å². The average Bonchev–Trinajstić information content (AvgIpc) is 3.74. The number of aromatic nitrogens is 3. The molecule has 82 heavy (non-hydrogen) atoms. The smallest absolute Gasteiger partial charge is 0.241 e. The van der Waals surface area contributed by atoms with E-state index in [4.69, 9.17) is 40.3 Å². The van der Waals surface area contributed by atoms with Crippen LogP contribution in [0.3, 0.4) is 0 Å². The molecule has 19 nitrogen and oxygen atoms in total. The first-order valence-corrected chi connectivity index (χ1v) is 30.5. The van der Waals surface area contributed by atoms with Crippen LogP contribution in [-0.2, 0) is 45.5 Å². The van der Waals surface area contributed by atoms with Crippen LogP contribution in [0.4, 0.5) is 28.8 Å². The SMILES string of the molecule is COC[C@H]1CN[C@H](C)CN1CC(=O)N1CC(C)(C)c2ncc(Cc3cccc(OCCOCCOCCNC(=O)CN4CCC(c5cc(OC(C)C)c(Nc6ncc(Cl)c(Nc7ccccc7S(=O)(=O)C(C)C)n6)cc5C)CC4)c3)cc21. The predicted octanol–water partition coefficient (Wildman–Crippen LogP) is 8.22. The van der Waals surface area contributed by atoms with Gasteiger partial charge in [-0.05, 0) is 145 Å². The highest BCUT2D eigenvalue weighted by molar-refractivity contribution is 7.92. The van der Waals surface area contributed by atoms with E-state index in [1.165, 1.54) is 11.8 Å². The van der Waals surface area contributed by atoms with Crippen molar-refractivity contribution < 1.29 is 41.7 Å². The maximum absolute atomic E-state index is 13.9. The van der Waals surface area contributed by atoms with Crippen LogP contribution in [0, 0.1) is 6.92 Å². The molecule has 2 amide bonds. The number of fused-ring (bicyclic) bond motifs is 1. The number of methoxy groups -OCH3 is 1. The van der Waals surface area contributed by atoms with Crippen LogP contribution in [0.1, 0.15) is 95.2 Å². The molecule has 3 aliphatic heterocycles.